The zero-order valence-corrected chi connectivity index (χ0v) is 19.2. The Hall–Kier alpha value is -2.98. The van der Waals surface area contributed by atoms with E-state index in [1.165, 1.54) is 62.0 Å². The molecule has 2 aromatic carbocycles. The van der Waals surface area contributed by atoms with Gasteiger partial charge >= 0.3 is 0 Å². The number of rotatable bonds is 7. The number of methoxy groups -OCH3 is 1. The average Bonchev–Trinajstić information content (AvgIpc) is 3.28. The molecule has 0 atom stereocenters. The number of para-hydroxylation sites is 2. The first-order valence-corrected chi connectivity index (χ1v) is 12.7. The predicted molar refractivity (Wildman–Crippen MR) is 124 cm³/mol. The molecule has 1 heterocycles. The first-order valence-electron chi connectivity index (χ1n) is 10.4. The smallest absolute Gasteiger partial charge is 0.262 e. The van der Waals surface area contributed by atoms with Gasteiger partial charge in [-0.2, -0.15) is 0 Å². The molecular weight excluding hydrogens is 448 g/mol. The molecule has 1 amide bonds. The van der Waals surface area contributed by atoms with Gasteiger partial charge in [0.1, 0.15) is 10.8 Å². The van der Waals surface area contributed by atoms with Crippen LogP contribution >= 0.6 is 11.3 Å². The van der Waals surface area contributed by atoms with Gasteiger partial charge in [-0.15, -0.1) is 10.2 Å². The summed E-state index contributed by atoms with van der Waals surface area (Å²) in [5.74, 6) is 0.474. The number of nitrogens with zero attached hydrogens (tertiary/aromatic N) is 2. The van der Waals surface area contributed by atoms with Crippen molar-refractivity contribution in [3.63, 3.8) is 0 Å². The third-order valence-corrected chi connectivity index (χ3v) is 7.78. The minimum atomic E-state index is -3.84. The highest BCUT2D eigenvalue weighted by molar-refractivity contribution is 7.92. The monoisotopic (exact) mass is 472 g/mol. The lowest BCUT2D eigenvalue weighted by atomic mass is 9.90. The Morgan fingerprint density at radius 1 is 1.03 bits per heavy atom. The van der Waals surface area contributed by atoms with E-state index in [4.69, 9.17) is 4.74 Å². The Labute approximate surface area is 191 Å². The van der Waals surface area contributed by atoms with Crippen LogP contribution in [-0.4, -0.2) is 31.6 Å². The van der Waals surface area contributed by atoms with E-state index in [0.717, 1.165) is 17.8 Å². The van der Waals surface area contributed by atoms with E-state index in [1.54, 1.807) is 24.3 Å². The summed E-state index contributed by atoms with van der Waals surface area (Å²) in [4.78, 5) is 12.6. The minimum absolute atomic E-state index is 0.0375. The van der Waals surface area contributed by atoms with Gasteiger partial charge in [0.15, 0.2) is 0 Å². The van der Waals surface area contributed by atoms with E-state index < -0.39 is 10.0 Å². The Balaban J connectivity index is 1.42. The van der Waals surface area contributed by atoms with Crippen LogP contribution in [-0.2, 0) is 10.0 Å². The van der Waals surface area contributed by atoms with Crippen LogP contribution < -0.4 is 14.8 Å². The molecule has 1 saturated carbocycles. The summed E-state index contributed by atoms with van der Waals surface area (Å²) in [7, 11) is -2.37. The highest BCUT2D eigenvalue weighted by Crippen LogP contribution is 2.35. The van der Waals surface area contributed by atoms with Crippen molar-refractivity contribution in [2.24, 2.45) is 0 Å². The first-order chi connectivity index (χ1) is 15.5. The van der Waals surface area contributed by atoms with Gasteiger partial charge in [-0.05, 0) is 49.2 Å². The molecule has 0 saturated heterocycles. The maximum absolute atomic E-state index is 12.7. The summed E-state index contributed by atoms with van der Waals surface area (Å²) in [6, 6.07) is 12.5. The summed E-state index contributed by atoms with van der Waals surface area (Å²) in [6.45, 7) is 0. The van der Waals surface area contributed by atoms with Crippen molar-refractivity contribution in [2.75, 3.05) is 17.1 Å². The molecular formula is C22H24N4O4S2. The molecule has 1 aliphatic rings. The molecule has 1 aliphatic carbocycles. The Bertz CT molecular complexity index is 1190. The average molecular weight is 473 g/mol. The Morgan fingerprint density at radius 2 is 1.75 bits per heavy atom. The lowest BCUT2D eigenvalue weighted by Gasteiger charge is -2.18. The number of benzene rings is 2. The quantitative estimate of drug-likeness (QED) is 0.518. The molecule has 2 N–H and O–H groups in total. The van der Waals surface area contributed by atoms with Crippen molar-refractivity contribution >= 4 is 38.1 Å². The molecule has 32 heavy (non-hydrogen) atoms. The van der Waals surface area contributed by atoms with Crippen LogP contribution in [0.15, 0.2) is 53.4 Å². The fourth-order valence-corrected chi connectivity index (χ4v) is 5.66. The largest absolute Gasteiger partial charge is 0.495 e. The highest BCUT2D eigenvalue weighted by Gasteiger charge is 2.21. The lowest BCUT2D eigenvalue weighted by molar-refractivity contribution is 0.102. The van der Waals surface area contributed by atoms with E-state index in [0.29, 0.717) is 28.0 Å². The number of sulfonamides is 1. The van der Waals surface area contributed by atoms with Crippen LogP contribution in [0, 0.1) is 0 Å². The number of aromatic nitrogens is 2. The molecule has 8 nitrogen and oxygen atoms in total. The van der Waals surface area contributed by atoms with E-state index >= 15 is 0 Å². The predicted octanol–water partition coefficient (Wildman–Crippen LogP) is 4.65. The molecule has 1 fully saturated rings. The van der Waals surface area contributed by atoms with Crippen molar-refractivity contribution < 1.29 is 17.9 Å². The standard InChI is InChI=1S/C22H24N4O4S2/c1-30-19-10-6-5-9-18(19)26-32(28,29)17-13-11-15(12-14-17)20(27)23-22-25-24-21(31-22)16-7-3-2-4-8-16/h5-6,9-14,16,26H,2-4,7-8H2,1H3,(H,23,25,27). The molecule has 1 aromatic heterocycles. The van der Waals surface area contributed by atoms with E-state index in [2.05, 4.69) is 20.2 Å². The van der Waals surface area contributed by atoms with Gasteiger partial charge in [0.25, 0.3) is 15.9 Å². The molecule has 0 spiro atoms. The number of hydrogen-bond donors (Lipinski definition) is 2. The third kappa shape index (κ3) is 5.08. The second kappa shape index (κ2) is 9.66. The van der Waals surface area contributed by atoms with Crippen LogP contribution in [0.4, 0.5) is 10.8 Å². The maximum atomic E-state index is 12.7. The number of carbonyl (C=O) groups excluding carboxylic acids is 1. The minimum Gasteiger partial charge on any atom is -0.495 e. The highest BCUT2D eigenvalue weighted by atomic mass is 32.2. The van der Waals surface area contributed by atoms with Gasteiger partial charge in [0, 0.05) is 11.5 Å². The molecule has 0 radical (unpaired) electrons. The van der Waals surface area contributed by atoms with E-state index in [-0.39, 0.29) is 10.8 Å². The van der Waals surface area contributed by atoms with Gasteiger partial charge in [-0.3, -0.25) is 14.8 Å². The van der Waals surface area contributed by atoms with Crippen LogP contribution in [0.3, 0.4) is 0 Å². The second-order valence-electron chi connectivity index (χ2n) is 7.56. The van der Waals surface area contributed by atoms with Crippen molar-refractivity contribution in [3.8, 4) is 5.75 Å². The van der Waals surface area contributed by atoms with Gasteiger partial charge in [0.05, 0.1) is 17.7 Å². The molecule has 0 aliphatic heterocycles. The normalized spacial score (nSPS) is 14.7. The second-order valence-corrected chi connectivity index (χ2v) is 10.3. The Morgan fingerprint density at radius 3 is 2.47 bits per heavy atom. The van der Waals surface area contributed by atoms with Crippen LogP contribution in [0.2, 0.25) is 0 Å². The summed E-state index contributed by atoms with van der Waals surface area (Å²) in [6.07, 6.45) is 5.89. The number of amides is 1. The molecule has 3 aromatic rings. The molecule has 0 bridgehead atoms. The van der Waals surface area contributed by atoms with Crippen molar-refractivity contribution in [1.82, 2.24) is 10.2 Å². The van der Waals surface area contributed by atoms with Crippen molar-refractivity contribution in [1.29, 1.82) is 0 Å². The zero-order valence-electron chi connectivity index (χ0n) is 17.6. The zero-order chi connectivity index (χ0) is 22.6. The maximum Gasteiger partial charge on any atom is 0.262 e. The summed E-state index contributed by atoms with van der Waals surface area (Å²) < 4.78 is 33.1. The fourth-order valence-electron chi connectivity index (χ4n) is 3.69. The van der Waals surface area contributed by atoms with Crippen molar-refractivity contribution in [3.05, 3.63) is 59.1 Å². The molecule has 10 heteroatoms. The van der Waals surface area contributed by atoms with Gasteiger partial charge in [-0.1, -0.05) is 42.7 Å². The van der Waals surface area contributed by atoms with E-state index in [1.807, 2.05) is 0 Å². The van der Waals surface area contributed by atoms with Gasteiger partial charge in [0.2, 0.25) is 5.13 Å². The van der Waals surface area contributed by atoms with Gasteiger partial charge in [-0.25, -0.2) is 8.42 Å². The summed E-state index contributed by atoms with van der Waals surface area (Å²) in [5.41, 5.74) is 0.664. The fraction of sp³-hybridized carbons (Fsp3) is 0.318. The number of hydrogen-bond acceptors (Lipinski definition) is 7. The van der Waals surface area contributed by atoms with Crippen LogP contribution in [0.1, 0.15) is 53.4 Å². The first kappa shape index (κ1) is 22.2. The number of carbonyl (C=O) groups is 1. The van der Waals surface area contributed by atoms with Crippen LogP contribution in [0.5, 0.6) is 5.75 Å². The molecule has 4 rings (SSSR count). The third-order valence-electron chi connectivity index (χ3n) is 5.39. The topological polar surface area (TPSA) is 110 Å². The SMILES string of the molecule is COc1ccccc1NS(=O)(=O)c1ccc(C(=O)Nc2nnc(C3CCCCC3)s2)cc1. The molecule has 0 unspecified atom stereocenters. The number of anilines is 2. The summed E-state index contributed by atoms with van der Waals surface area (Å²) in [5, 5.41) is 12.5. The molecule has 168 valence electrons. The Kier molecular flexibility index (Phi) is 6.71. The van der Waals surface area contributed by atoms with E-state index in [9.17, 15) is 13.2 Å². The number of ether oxygens (including phenoxy) is 1. The lowest BCUT2D eigenvalue weighted by Crippen LogP contribution is -2.15. The number of nitrogens with one attached hydrogen (secondary N) is 2. The van der Waals surface area contributed by atoms with Crippen LogP contribution in [0.25, 0.3) is 0 Å². The summed E-state index contributed by atoms with van der Waals surface area (Å²) >= 11 is 1.40. The van der Waals surface area contributed by atoms with Crippen molar-refractivity contribution in [2.45, 2.75) is 42.9 Å². The van der Waals surface area contributed by atoms with Gasteiger partial charge < -0.3 is 4.74 Å².